The first-order valence-electron chi connectivity index (χ1n) is 8.64. The number of aryl methyl sites for hydroxylation is 1. The van der Waals surface area contributed by atoms with Crippen LogP contribution in [0.3, 0.4) is 0 Å². The van der Waals surface area contributed by atoms with Gasteiger partial charge in [-0.15, -0.1) is 0 Å². The molecule has 0 atom stereocenters. The van der Waals surface area contributed by atoms with Crippen LogP contribution < -0.4 is 21.8 Å². The molecule has 0 saturated heterocycles. The topological polar surface area (TPSA) is 115 Å². The van der Waals surface area contributed by atoms with Crippen LogP contribution in [0.4, 0.5) is 0 Å². The molecule has 0 radical (unpaired) electrons. The Kier molecular flexibility index (Phi) is 9.63. The summed E-state index contributed by atoms with van der Waals surface area (Å²) in [6.07, 6.45) is 5.77. The van der Waals surface area contributed by atoms with E-state index in [0.717, 1.165) is 22.4 Å². The minimum absolute atomic E-state index is 0.0317. The number of likely N-dealkylation sites (N-methyl/N-ethyl adjacent to an activating group) is 2. The average molecular weight is 374 g/mol. The Balaban J connectivity index is 3.18. The molecule has 0 aliphatic heterocycles. The number of hydrazine groups is 1. The third-order valence-corrected chi connectivity index (χ3v) is 3.65. The van der Waals surface area contributed by atoms with E-state index in [-0.39, 0.29) is 18.2 Å². The zero-order valence-electron chi connectivity index (χ0n) is 16.4. The lowest BCUT2D eigenvalue weighted by atomic mass is 10.0. The van der Waals surface area contributed by atoms with Crippen molar-refractivity contribution in [1.82, 2.24) is 21.0 Å². The SMILES string of the molecule is CNC\N=C/C=C(NC)/C(=C/N(N)CC(=O)NC)Cc1cc(C)cc(O)c1. The van der Waals surface area contributed by atoms with Gasteiger partial charge >= 0.3 is 0 Å². The molecule has 0 fully saturated rings. The third-order valence-electron chi connectivity index (χ3n) is 3.65. The van der Waals surface area contributed by atoms with Crippen LogP contribution in [0.25, 0.3) is 0 Å². The van der Waals surface area contributed by atoms with Crippen LogP contribution in [0.1, 0.15) is 11.1 Å². The second-order valence-electron chi connectivity index (χ2n) is 6.03. The van der Waals surface area contributed by atoms with Crippen molar-refractivity contribution in [1.29, 1.82) is 0 Å². The van der Waals surface area contributed by atoms with Crippen LogP contribution in [0.2, 0.25) is 0 Å². The van der Waals surface area contributed by atoms with Crippen LogP contribution in [-0.2, 0) is 11.2 Å². The Morgan fingerprint density at radius 2 is 2.00 bits per heavy atom. The van der Waals surface area contributed by atoms with Crippen LogP contribution in [0.5, 0.6) is 5.75 Å². The molecule has 0 spiro atoms. The van der Waals surface area contributed by atoms with Crippen LogP contribution in [0, 0.1) is 6.92 Å². The number of allylic oxidation sites excluding steroid dienone is 2. The summed E-state index contributed by atoms with van der Waals surface area (Å²) in [7, 11) is 5.19. The van der Waals surface area contributed by atoms with Gasteiger partial charge in [0, 0.05) is 38.6 Å². The second kappa shape index (κ2) is 11.7. The zero-order chi connectivity index (χ0) is 20.2. The molecule has 0 heterocycles. The van der Waals surface area contributed by atoms with E-state index in [2.05, 4.69) is 20.9 Å². The van der Waals surface area contributed by atoms with E-state index >= 15 is 0 Å². The van der Waals surface area contributed by atoms with Crippen molar-refractivity contribution in [2.75, 3.05) is 34.4 Å². The van der Waals surface area contributed by atoms with Gasteiger partial charge < -0.3 is 26.1 Å². The van der Waals surface area contributed by atoms with E-state index in [4.69, 9.17) is 5.84 Å². The number of benzene rings is 1. The van der Waals surface area contributed by atoms with Crippen molar-refractivity contribution in [2.45, 2.75) is 13.3 Å². The van der Waals surface area contributed by atoms with Crippen LogP contribution in [-0.4, -0.2) is 56.6 Å². The maximum absolute atomic E-state index is 11.6. The molecule has 0 unspecified atom stereocenters. The fraction of sp³-hybridized carbons (Fsp3) is 0.368. The smallest absolute Gasteiger partial charge is 0.240 e. The highest BCUT2D eigenvalue weighted by atomic mass is 16.3. The molecule has 8 heteroatoms. The number of carbonyl (C=O) groups excluding carboxylic acids is 1. The zero-order valence-corrected chi connectivity index (χ0v) is 16.4. The van der Waals surface area contributed by atoms with E-state index in [1.807, 2.05) is 26.1 Å². The van der Waals surface area contributed by atoms with Gasteiger partial charge in [0.15, 0.2) is 0 Å². The predicted molar refractivity (Wildman–Crippen MR) is 109 cm³/mol. The van der Waals surface area contributed by atoms with Crippen molar-refractivity contribution >= 4 is 12.1 Å². The average Bonchev–Trinajstić information content (AvgIpc) is 2.60. The largest absolute Gasteiger partial charge is 0.508 e. The van der Waals surface area contributed by atoms with Gasteiger partial charge in [-0.25, -0.2) is 5.84 Å². The molecule has 1 aromatic rings. The molecular formula is C19H30N6O2. The van der Waals surface area contributed by atoms with Gasteiger partial charge in [0.25, 0.3) is 0 Å². The number of phenolic OH excluding ortho intramolecular Hbond substituents is 1. The van der Waals surface area contributed by atoms with Gasteiger partial charge in [-0.3, -0.25) is 9.79 Å². The minimum atomic E-state index is -0.188. The first-order valence-corrected chi connectivity index (χ1v) is 8.64. The van der Waals surface area contributed by atoms with E-state index in [1.165, 1.54) is 5.01 Å². The molecule has 148 valence electrons. The standard InChI is InChI=1S/C19H30N6O2/c1-14-7-15(10-17(26)8-14)9-16(11-25(20)12-19(27)23-4)18(22-3)5-6-24-13-21-2/h5-8,10-11,21-22,26H,9,12-13,20H2,1-4H3,(H,23,27)/b16-11+,18-5-,24-6-. The summed E-state index contributed by atoms with van der Waals surface area (Å²) in [6.45, 7) is 2.47. The van der Waals surface area contributed by atoms with Crippen molar-refractivity contribution in [3.8, 4) is 5.75 Å². The highest BCUT2D eigenvalue weighted by Crippen LogP contribution is 2.20. The van der Waals surface area contributed by atoms with Gasteiger partial charge in [-0.05, 0) is 48.9 Å². The van der Waals surface area contributed by atoms with E-state index in [9.17, 15) is 9.90 Å². The van der Waals surface area contributed by atoms with Gasteiger partial charge in [-0.1, -0.05) is 6.07 Å². The van der Waals surface area contributed by atoms with Gasteiger partial charge in [0.2, 0.25) is 5.91 Å². The fourth-order valence-corrected chi connectivity index (χ4v) is 2.49. The molecule has 0 aliphatic carbocycles. The maximum atomic E-state index is 11.6. The number of phenols is 1. The summed E-state index contributed by atoms with van der Waals surface area (Å²) >= 11 is 0. The minimum Gasteiger partial charge on any atom is -0.508 e. The van der Waals surface area contributed by atoms with Crippen molar-refractivity contribution in [2.24, 2.45) is 10.8 Å². The summed E-state index contributed by atoms with van der Waals surface area (Å²) in [5, 5.41) is 19.8. The number of nitrogens with two attached hydrogens (primary N) is 1. The summed E-state index contributed by atoms with van der Waals surface area (Å²) in [6, 6.07) is 5.41. The number of carbonyl (C=O) groups is 1. The van der Waals surface area contributed by atoms with E-state index < -0.39 is 0 Å². The van der Waals surface area contributed by atoms with Crippen LogP contribution >= 0.6 is 0 Å². The quantitative estimate of drug-likeness (QED) is 0.175. The predicted octanol–water partition coefficient (Wildman–Crippen LogP) is 0.400. The molecule has 0 aromatic heterocycles. The molecule has 0 saturated carbocycles. The van der Waals surface area contributed by atoms with Gasteiger partial charge in [-0.2, -0.15) is 0 Å². The lowest BCUT2D eigenvalue weighted by Gasteiger charge is -2.18. The fourth-order valence-electron chi connectivity index (χ4n) is 2.49. The van der Waals surface area contributed by atoms with Gasteiger partial charge in [0.05, 0.1) is 6.67 Å². The van der Waals surface area contributed by atoms with E-state index in [1.54, 1.807) is 38.6 Å². The van der Waals surface area contributed by atoms with Crippen molar-refractivity contribution < 1.29 is 9.90 Å². The summed E-state index contributed by atoms with van der Waals surface area (Å²) in [5.41, 5.74) is 3.55. The number of nitrogens with one attached hydrogen (secondary N) is 3. The third kappa shape index (κ3) is 8.39. The Morgan fingerprint density at radius 1 is 1.26 bits per heavy atom. The summed E-state index contributed by atoms with van der Waals surface area (Å²) < 4.78 is 0. The second-order valence-corrected chi connectivity index (χ2v) is 6.03. The number of rotatable bonds is 10. The molecule has 1 aromatic carbocycles. The lowest BCUT2D eigenvalue weighted by Crippen LogP contribution is -2.37. The Hall–Kier alpha value is -2.84. The highest BCUT2D eigenvalue weighted by molar-refractivity contribution is 5.77. The highest BCUT2D eigenvalue weighted by Gasteiger charge is 2.10. The molecule has 0 aliphatic rings. The van der Waals surface area contributed by atoms with Gasteiger partial charge in [0.1, 0.15) is 12.3 Å². The molecule has 0 bridgehead atoms. The monoisotopic (exact) mass is 374 g/mol. The summed E-state index contributed by atoms with van der Waals surface area (Å²) in [4.78, 5) is 15.8. The lowest BCUT2D eigenvalue weighted by molar-refractivity contribution is -0.121. The first-order chi connectivity index (χ1) is 12.9. The molecule has 1 amide bonds. The number of amides is 1. The number of hydrogen-bond acceptors (Lipinski definition) is 7. The van der Waals surface area contributed by atoms with Crippen LogP contribution in [0.15, 0.2) is 46.7 Å². The van der Waals surface area contributed by atoms with Crippen molar-refractivity contribution in [3.05, 3.63) is 52.9 Å². The first kappa shape index (κ1) is 22.2. The Bertz CT molecular complexity index is 692. The molecule has 6 N–H and O–H groups in total. The molecule has 8 nitrogen and oxygen atoms in total. The Morgan fingerprint density at radius 3 is 2.59 bits per heavy atom. The maximum Gasteiger partial charge on any atom is 0.240 e. The molecule has 27 heavy (non-hydrogen) atoms. The summed E-state index contributed by atoms with van der Waals surface area (Å²) in [5.74, 6) is 6.01. The van der Waals surface area contributed by atoms with Crippen molar-refractivity contribution in [3.63, 3.8) is 0 Å². The number of aliphatic imine (C=N–C) groups is 1. The number of nitrogens with zero attached hydrogens (tertiary/aromatic N) is 2. The van der Waals surface area contributed by atoms with E-state index in [0.29, 0.717) is 13.1 Å². The normalized spacial score (nSPS) is 12.3. The molecular weight excluding hydrogens is 344 g/mol. The number of hydrogen-bond donors (Lipinski definition) is 5. The Labute approximate surface area is 160 Å². The number of aromatic hydroxyl groups is 1. The molecule has 1 rings (SSSR count).